The number of hydrogen-bond donors (Lipinski definition) is 0. The van der Waals surface area contributed by atoms with E-state index in [0.29, 0.717) is 5.92 Å². The Morgan fingerprint density at radius 2 is 1.47 bits per heavy atom. The van der Waals surface area contributed by atoms with E-state index < -0.39 is 0 Å². The summed E-state index contributed by atoms with van der Waals surface area (Å²) in [4.78, 5) is 4.81. The van der Waals surface area contributed by atoms with Crippen molar-refractivity contribution in [1.29, 1.82) is 0 Å². The fourth-order valence-electron chi connectivity index (χ4n) is 4.86. The molecule has 0 saturated carbocycles. The lowest BCUT2D eigenvalue weighted by Crippen LogP contribution is -1.97. The van der Waals surface area contributed by atoms with E-state index in [9.17, 15) is 0 Å². The van der Waals surface area contributed by atoms with Gasteiger partial charge in [-0.3, -0.25) is 4.98 Å². The number of benzene rings is 4. The van der Waals surface area contributed by atoms with E-state index >= 15 is 0 Å². The first-order valence-corrected chi connectivity index (χ1v) is 12.5. The average Bonchev–Trinajstić information content (AvgIpc) is 3.29. The zero-order valence-corrected chi connectivity index (χ0v) is 20.1. The van der Waals surface area contributed by atoms with Crippen LogP contribution in [0.1, 0.15) is 29.5 Å². The van der Waals surface area contributed by atoms with Crippen LogP contribution in [0.2, 0.25) is 0 Å². The van der Waals surface area contributed by atoms with Crippen molar-refractivity contribution in [2.45, 2.75) is 19.8 Å². The van der Waals surface area contributed by atoms with Gasteiger partial charge in [0.2, 0.25) is 0 Å². The normalized spacial score (nSPS) is 12.3. The molecule has 0 N–H and O–H groups in total. The van der Waals surface area contributed by atoms with Gasteiger partial charge in [0.1, 0.15) is 0 Å². The Labute approximate surface area is 204 Å². The second-order valence-corrected chi connectivity index (χ2v) is 9.97. The number of nitrogens with zero attached hydrogens (tertiary/aromatic N) is 1. The predicted octanol–water partition coefficient (Wildman–Crippen LogP) is 9.24. The molecule has 0 amide bonds. The molecule has 0 aliphatic carbocycles. The third-order valence-corrected chi connectivity index (χ3v) is 8.00. The first-order chi connectivity index (χ1) is 16.7. The maximum Gasteiger partial charge on any atom is 0.0719 e. The third kappa shape index (κ3) is 3.61. The molecule has 0 aliphatic rings. The van der Waals surface area contributed by atoms with Crippen molar-refractivity contribution in [2.24, 2.45) is 0 Å². The van der Waals surface area contributed by atoms with Crippen LogP contribution < -0.4 is 0 Å². The van der Waals surface area contributed by atoms with E-state index in [1.54, 1.807) is 0 Å². The smallest absolute Gasteiger partial charge is 0.0719 e. The highest BCUT2D eigenvalue weighted by Gasteiger charge is 2.16. The molecule has 34 heavy (non-hydrogen) atoms. The van der Waals surface area contributed by atoms with Gasteiger partial charge in [-0.05, 0) is 59.0 Å². The lowest BCUT2D eigenvalue weighted by Gasteiger charge is -2.14. The Morgan fingerprint density at radius 3 is 2.26 bits per heavy atom. The number of hydrogen-bond acceptors (Lipinski definition) is 2. The molecule has 0 fully saturated rings. The highest BCUT2D eigenvalue weighted by Crippen LogP contribution is 2.42. The maximum absolute atomic E-state index is 4.81. The molecule has 0 radical (unpaired) electrons. The Kier molecular flexibility index (Phi) is 5.24. The van der Waals surface area contributed by atoms with E-state index in [2.05, 4.69) is 117 Å². The number of aryl methyl sites for hydroxylation is 1. The topological polar surface area (TPSA) is 12.9 Å². The van der Waals surface area contributed by atoms with Crippen LogP contribution in [0.3, 0.4) is 0 Å². The molecule has 6 aromatic rings. The van der Waals surface area contributed by atoms with E-state index in [4.69, 9.17) is 4.98 Å². The summed E-state index contributed by atoms with van der Waals surface area (Å²) in [5.41, 5.74) is 8.69. The van der Waals surface area contributed by atoms with Crippen molar-refractivity contribution in [1.82, 2.24) is 4.98 Å². The van der Waals surface area contributed by atoms with Crippen LogP contribution in [0.15, 0.2) is 109 Å². The maximum atomic E-state index is 4.81. The minimum atomic E-state index is 0.319. The van der Waals surface area contributed by atoms with Crippen molar-refractivity contribution in [2.75, 3.05) is 0 Å². The zero-order valence-electron chi connectivity index (χ0n) is 19.3. The molecule has 2 heterocycles. The van der Waals surface area contributed by atoms with Crippen LogP contribution >= 0.6 is 11.3 Å². The molecule has 0 spiro atoms. The van der Waals surface area contributed by atoms with Gasteiger partial charge in [-0.2, -0.15) is 0 Å². The van der Waals surface area contributed by atoms with Crippen molar-refractivity contribution >= 4 is 31.5 Å². The number of fused-ring (bicyclic) bond motifs is 3. The van der Waals surface area contributed by atoms with Crippen LogP contribution in [-0.4, -0.2) is 4.98 Å². The van der Waals surface area contributed by atoms with Gasteiger partial charge in [0.15, 0.2) is 0 Å². The summed E-state index contributed by atoms with van der Waals surface area (Å²) in [6.45, 7) is 4.48. The van der Waals surface area contributed by atoms with Gasteiger partial charge >= 0.3 is 0 Å². The Balaban J connectivity index is 1.50. The summed E-state index contributed by atoms with van der Waals surface area (Å²) in [6, 6.07) is 37.1. The predicted molar refractivity (Wildman–Crippen MR) is 147 cm³/mol. The summed E-state index contributed by atoms with van der Waals surface area (Å²) >= 11 is 1.87. The quantitative estimate of drug-likeness (QED) is 0.258. The highest BCUT2D eigenvalue weighted by molar-refractivity contribution is 7.26. The largest absolute Gasteiger partial charge is 0.256 e. The van der Waals surface area contributed by atoms with Gasteiger partial charge in [-0.1, -0.05) is 85.8 Å². The molecule has 1 nitrogen and oxygen atoms in total. The van der Waals surface area contributed by atoms with E-state index in [1.165, 1.54) is 53.6 Å². The Hall–Kier alpha value is -3.75. The second kappa shape index (κ2) is 8.55. The molecular weight excluding hydrogens is 430 g/mol. The Morgan fingerprint density at radius 1 is 0.706 bits per heavy atom. The first-order valence-electron chi connectivity index (χ1n) is 11.7. The SMILES string of the molecule is Cc1ccc(-c2cc(C(C)c3ccccc3)ccn2)c2sc3ccc(-c4ccccc4)cc3c12. The van der Waals surface area contributed by atoms with Crippen LogP contribution in [0, 0.1) is 6.92 Å². The van der Waals surface area contributed by atoms with Gasteiger partial charge in [0.05, 0.1) is 5.69 Å². The first kappa shape index (κ1) is 20.8. The number of aromatic nitrogens is 1. The molecule has 0 saturated heterocycles. The fraction of sp³-hybridized carbons (Fsp3) is 0.0938. The molecular formula is C32H25NS. The van der Waals surface area contributed by atoms with Crippen molar-refractivity contribution in [3.05, 3.63) is 126 Å². The minimum absolute atomic E-state index is 0.319. The molecule has 164 valence electrons. The average molecular weight is 456 g/mol. The van der Waals surface area contributed by atoms with Crippen molar-refractivity contribution in [3.8, 4) is 22.4 Å². The summed E-state index contributed by atoms with van der Waals surface area (Å²) in [5, 5.41) is 2.67. The minimum Gasteiger partial charge on any atom is -0.256 e. The molecule has 2 heteroatoms. The molecule has 1 unspecified atom stereocenters. The van der Waals surface area contributed by atoms with Gasteiger partial charge in [0.25, 0.3) is 0 Å². The molecule has 0 aliphatic heterocycles. The molecule has 4 aromatic carbocycles. The third-order valence-electron chi connectivity index (χ3n) is 6.79. The van der Waals surface area contributed by atoms with Crippen LogP contribution in [-0.2, 0) is 0 Å². The molecule has 2 aromatic heterocycles. The van der Waals surface area contributed by atoms with Crippen molar-refractivity contribution in [3.63, 3.8) is 0 Å². The van der Waals surface area contributed by atoms with Gasteiger partial charge in [0, 0.05) is 37.9 Å². The molecule has 0 bridgehead atoms. The second-order valence-electron chi connectivity index (χ2n) is 8.92. The fourth-order valence-corrected chi connectivity index (χ4v) is 6.14. The van der Waals surface area contributed by atoms with Crippen molar-refractivity contribution < 1.29 is 0 Å². The standard InChI is InChI=1S/C32H25NS/c1-21-13-15-27(29-20-25(17-18-33-29)22(2)23-9-5-3-6-10-23)32-31(21)28-19-26(14-16-30(28)34-32)24-11-7-4-8-12-24/h3-20,22H,1-2H3. The van der Waals surface area contributed by atoms with Crippen LogP contribution in [0.4, 0.5) is 0 Å². The number of pyridine rings is 1. The monoisotopic (exact) mass is 455 g/mol. The summed E-state index contributed by atoms with van der Waals surface area (Å²) < 4.78 is 2.64. The zero-order chi connectivity index (χ0) is 23.1. The summed E-state index contributed by atoms with van der Waals surface area (Å²) in [5.74, 6) is 0.319. The van der Waals surface area contributed by atoms with E-state index in [0.717, 1.165) is 5.69 Å². The van der Waals surface area contributed by atoms with Gasteiger partial charge in [-0.25, -0.2) is 0 Å². The highest BCUT2D eigenvalue weighted by atomic mass is 32.1. The number of thiophene rings is 1. The van der Waals surface area contributed by atoms with Gasteiger partial charge in [-0.15, -0.1) is 11.3 Å². The Bertz CT molecular complexity index is 1610. The van der Waals surface area contributed by atoms with E-state index in [-0.39, 0.29) is 0 Å². The summed E-state index contributed by atoms with van der Waals surface area (Å²) in [6.07, 6.45) is 1.95. The van der Waals surface area contributed by atoms with Gasteiger partial charge < -0.3 is 0 Å². The lowest BCUT2D eigenvalue weighted by molar-refractivity contribution is 0.918. The van der Waals surface area contributed by atoms with E-state index in [1.807, 2.05) is 17.5 Å². The molecule has 1 atom stereocenters. The van der Waals surface area contributed by atoms with Crippen LogP contribution in [0.25, 0.3) is 42.6 Å². The van der Waals surface area contributed by atoms with Crippen LogP contribution in [0.5, 0.6) is 0 Å². The number of rotatable bonds is 4. The lowest BCUT2D eigenvalue weighted by atomic mass is 9.92. The molecule has 6 rings (SSSR count). The summed E-state index contributed by atoms with van der Waals surface area (Å²) in [7, 11) is 0.